The van der Waals surface area contributed by atoms with Crippen LogP contribution in [0.15, 0.2) is 6.07 Å². The number of hydrogen-bond donors (Lipinski definition) is 1. The Kier molecular flexibility index (Phi) is 6.00. The van der Waals surface area contributed by atoms with E-state index in [1.54, 1.807) is 6.07 Å². The molecule has 4 atom stereocenters. The van der Waals surface area contributed by atoms with Crippen LogP contribution in [0.2, 0.25) is 0 Å². The molecule has 2 saturated heterocycles. The number of nitrogens with one attached hydrogen (secondary N) is 1. The van der Waals surface area contributed by atoms with E-state index < -0.39 is 12.2 Å². The first-order chi connectivity index (χ1) is 14.5. The maximum atomic E-state index is 13.8. The Labute approximate surface area is 181 Å². The molecule has 31 heavy (non-hydrogen) atoms. The largest absolute Gasteiger partial charge is 0.410 e. The van der Waals surface area contributed by atoms with Crippen LogP contribution in [-0.4, -0.2) is 58.6 Å². The molecule has 0 aromatic carbocycles. The summed E-state index contributed by atoms with van der Waals surface area (Å²) in [6.07, 6.45) is -0.264. The van der Waals surface area contributed by atoms with Gasteiger partial charge in [-0.25, -0.2) is 4.68 Å². The van der Waals surface area contributed by atoms with E-state index in [-0.39, 0.29) is 35.8 Å². The highest BCUT2D eigenvalue weighted by Gasteiger charge is 2.48. The van der Waals surface area contributed by atoms with E-state index in [2.05, 4.69) is 10.4 Å². The molecule has 0 spiro atoms. The van der Waals surface area contributed by atoms with Crippen molar-refractivity contribution in [2.45, 2.75) is 89.6 Å². The Morgan fingerprint density at radius 1 is 1.26 bits per heavy atom. The van der Waals surface area contributed by atoms with E-state index in [1.165, 1.54) is 0 Å². The highest BCUT2D eigenvalue weighted by molar-refractivity contribution is 5.77. The second kappa shape index (κ2) is 8.30. The van der Waals surface area contributed by atoms with Gasteiger partial charge in [-0.3, -0.25) is 4.79 Å². The van der Waals surface area contributed by atoms with E-state index in [1.807, 2.05) is 25.7 Å². The number of ether oxygens (including phenoxy) is 1. The van der Waals surface area contributed by atoms with Crippen LogP contribution in [0.3, 0.4) is 0 Å². The van der Waals surface area contributed by atoms with Crippen molar-refractivity contribution in [1.29, 1.82) is 0 Å². The number of carbonyl (C=O) groups excluding carboxylic acids is 1. The summed E-state index contributed by atoms with van der Waals surface area (Å²) in [5.41, 5.74) is 0.326. The van der Waals surface area contributed by atoms with Gasteiger partial charge in [-0.2, -0.15) is 18.3 Å². The minimum absolute atomic E-state index is 0.00806. The third-order valence-corrected chi connectivity index (χ3v) is 6.89. The van der Waals surface area contributed by atoms with Gasteiger partial charge < -0.3 is 15.0 Å². The average molecular weight is 443 g/mol. The lowest BCUT2D eigenvalue weighted by Gasteiger charge is -2.39. The fourth-order valence-electron chi connectivity index (χ4n) is 4.88. The van der Waals surface area contributed by atoms with Crippen molar-refractivity contribution in [3.05, 3.63) is 11.8 Å². The van der Waals surface area contributed by atoms with Crippen molar-refractivity contribution in [2.24, 2.45) is 5.41 Å². The van der Waals surface area contributed by atoms with Crippen LogP contribution < -0.4 is 5.32 Å². The van der Waals surface area contributed by atoms with E-state index in [0.717, 1.165) is 23.9 Å². The molecular formula is C22H33F3N4O2. The lowest BCUT2D eigenvalue weighted by molar-refractivity contribution is -0.175. The minimum atomic E-state index is -4.36. The number of anilines is 1. The van der Waals surface area contributed by atoms with Crippen LogP contribution in [0.4, 0.5) is 19.0 Å². The molecule has 6 nitrogen and oxygen atoms in total. The quantitative estimate of drug-likeness (QED) is 0.749. The predicted octanol–water partition coefficient (Wildman–Crippen LogP) is 4.49. The van der Waals surface area contributed by atoms with Crippen LogP contribution in [-0.2, 0) is 9.53 Å². The van der Waals surface area contributed by atoms with Crippen LogP contribution >= 0.6 is 0 Å². The number of nitrogens with zero attached hydrogens (tertiary/aromatic N) is 3. The maximum Gasteiger partial charge on any atom is 0.410 e. The van der Waals surface area contributed by atoms with Crippen molar-refractivity contribution in [3.63, 3.8) is 0 Å². The number of rotatable bonds is 3. The molecule has 9 heteroatoms. The highest BCUT2D eigenvalue weighted by Crippen LogP contribution is 2.44. The fourth-order valence-corrected chi connectivity index (χ4v) is 4.88. The summed E-state index contributed by atoms with van der Waals surface area (Å²) in [5.74, 6) is 0.444. The van der Waals surface area contributed by atoms with E-state index in [9.17, 15) is 18.0 Å². The molecule has 1 aromatic heterocycles. The zero-order valence-corrected chi connectivity index (χ0v) is 18.5. The first-order valence-corrected chi connectivity index (χ1v) is 11.3. The monoisotopic (exact) mass is 442 g/mol. The molecule has 3 aliphatic heterocycles. The lowest BCUT2D eigenvalue weighted by atomic mass is 9.82. The van der Waals surface area contributed by atoms with Gasteiger partial charge in [0.25, 0.3) is 0 Å². The second-order valence-electron chi connectivity index (χ2n) is 10.3. The Hall–Kier alpha value is -1.77. The number of hydrogen-bond acceptors (Lipinski definition) is 4. The standard InChI is InChI=1S/C22H33F3N4O2/c1-21(2,3)17-12-18(22(23,24)25)29-19(26-17)11-16(27-29)14-7-8-28(13-14)20(30)10-15-6-4-5-9-31-15/h11,14-15,17-18,26H,4-10,12-13H2,1-3H3/t14-,15+,17+,18-/m1/s1. The summed E-state index contributed by atoms with van der Waals surface area (Å²) in [6, 6.07) is -0.183. The van der Waals surface area contributed by atoms with Crippen LogP contribution in [0.1, 0.15) is 76.9 Å². The summed E-state index contributed by atoms with van der Waals surface area (Å²) in [4.78, 5) is 14.5. The SMILES string of the molecule is CC(C)(C)[C@@H]1C[C@H](C(F)(F)F)n2nc([C@@H]3CCN(C(=O)C[C@@H]4CCCCO4)C3)cc2N1. The molecule has 4 rings (SSSR count). The van der Waals surface area contributed by atoms with Gasteiger partial charge in [0, 0.05) is 37.7 Å². The van der Waals surface area contributed by atoms with Gasteiger partial charge >= 0.3 is 6.18 Å². The van der Waals surface area contributed by atoms with E-state index in [0.29, 0.717) is 44.0 Å². The summed E-state index contributed by atoms with van der Waals surface area (Å²) >= 11 is 0. The van der Waals surface area contributed by atoms with Gasteiger partial charge in [0.05, 0.1) is 18.2 Å². The van der Waals surface area contributed by atoms with E-state index >= 15 is 0 Å². The van der Waals surface area contributed by atoms with Crippen molar-refractivity contribution < 1.29 is 22.7 Å². The van der Waals surface area contributed by atoms with Crippen molar-refractivity contribution in [2.75, 3.05) is 25.0 Å². The number of aromatic nitrogens is 2. The third kappa shape index (κ3) is 4.86. The maximum absolute atomic E-state index is 13.8. The van der Waals surface area contributed by atoms with Gasteiger partial charge in [-0.1, -0.05) is 20.8 Å². The first kappa shape index (κ1) is 22.4. The molecule has 0 radical (unpaired) electrons. The molecule has 0 bridgehead atoms. The topological polar surface area (TPSA) is 59.4 Å². The predicted molar refractivity (Wildman–Crippen MR) is 111 cm³/mol. The van der Waals surface area contributed by atoms with Crippen LogP contribution in [0.25, 0.3) is 0 Å². The van der Waals surface area contributed by atoms with Gasteiger partial charge in [-0.05, 0) is 37.5 Å². The molecule has 1 aromatic rings. The summed E-state index contributed by atoms with van der Waals surface area (Å²) in [6.45, 7) is 7.66. The molecular weight excluding hydrogens is 409 g/mol. The Bertz CT molecular complexity index is 796. The number of likely N-dealkylation sites (tertiary alicyclic amines) is 1. The van der Waals surface area contributed by atoms with Crippen molar-refractivity contribution >= 4 is 11.7 Å². The van der Waals surface area contributed by atoms with Gasteiger partial charge in [0.2, 0.25) is 5.91 Å². The lowest BCUT2D eigenvalue weighted by Crippen LogP contribution is -2.44. The van der Waals surface area contributed by atoms with E-state index in [4.69, 9.17) is 4.74 Å². The van der Waals surface area contributed by atoms with Crippen molar-refractivity contribution in [1.82, 2.24) is 14.7 Å². The van der Waals surface area contributed by atoms with Gasteiger partial charge in [0.1, 0.15) is 5.82 Å². The Morgan fingerprint density at radius 3 is 2.68 bits per heavy atom. The number of fused-ring (bicyclic) bond motifs is 1. The molecule has 2 fully saturated rings. The second-order valence-corrected chi connectivity index (χ2v) is 10.3. The minimum Gasteiger partial charge on any atom is -0.378 e. The number of halogens is 3. The number of alkyl halides is 3. The molecule has 0 unspecified atom stereocenters. The normalized spacial score (nSPS) is 29.5. The summed E-state index contributed by atoms with van der Waals surface area (Å²) < 4.78 is 48.2. The molecule has 4 heterocycles. The smallest absolute Gasteiger partial charge is 0.378 e. The van der Waals surface area contributed by atoms with Crippen LogP contribution in [0, 0.1) is 5.41 Å². The highest BCUT2D eigenvalue weighted by atomic mass is 19.4. The fraction of sp³-hybridized carbons (Fsp3) is 0.818. The Morgan fingerprint density at radius 2 is 2.03 bits per heavy atom. The summed E-state index contributed by atoms with van der Waals surface area (Å²) in [5, 5.41) is 7.65. The molecule has 1 amide bonds. The molecule has 1 N–H and O–H groups in total. The van der Waals surface area contributed by atoms with Gasteiger partial charge in [0.15, 0.2) is 6.04 Å². The molecule has 0 aliphatic carbocycles. The molecule has 3 aliphatic rings. The molecule has 174 valence electrons. The number of carbonyl (C=O) groups is 1. The zero-order chi connectivity index (χ0) is 22.4. The third-order valence-electron chi connectivity index (χ3n) is 6.89. The molecule has 0 saturated carbocycles. The number of amides is 1. The van der Waals surface area contributed by atoms with Crippen molar-refractivity contribution in [3.8, 4) is 0 Å². The average Bonchev–Trinajstić information content (AvgIpc) is 3.33. The van der Waals surface area contributed by atoms with Crippen LogP contribution in [0.5, 0.6) is 0 Å². The zero-order valence-electron chi connectivity index (χ0n) is 18.5. The Balaban J connectivity index is 1.47. The first-order valence-electron chi connectivity index (χ1n) is 11.3. The van der Waals surface area contributed by atoms with Gasteiger partial charge in [-0.15, -0.1) is 0 Å². The summed E-state index contributed by atoms with van der Waals surface area (Å²) in [7, 11) is 0.